The number of anilines is 1. The third kappa shape index (κ3) is 7.15. The first-order valence-corrected chi connectivity index (χ1v) is 16.3. The van der Waals surface area contributed by atoms with Crippen LogP contribution in [0.5, 0.6) is 0 Å². The molecule has 4 N–H and O–H groups in total. The molecule has 5 amide bonds. The number of amides is 5. The molecule has 0 aromatic heterocycles. The van der Waals surface area contributed by atoms with E-state index in [1.165, 1.54) is 29.2 Å². The number of hydrogen-bond acceptors (Lipinski definition) is 8. The molecule has 44 heavy (non-hydrogen) atoms. The van der Waals surface area contributed by atoms with E-state index >= 15 is 0 Å². The fourth-order valence-corrected chi connectivity index (χ4v) is 7.48. The molecule has 4 rings (SSSR count). The summed E-state index contributed by atoms with van der Waals surface area (Å²) in [5.74, 6) is -1.77. The Morgan fingerprint density at radius 2 is 1.84 bits per heavy atom. The summed E-state index contributed by atoms with van der Waals surface area (Å²) in [6.07, 6.45) is 6.15. The van der Waals surface area contributed by atoms with E-state index in [2.05, 4.69) is 10.0 Å². The number of allylic oxidation sites excluding steroid dienone is 1. The number of primary amides is 1. The fourth-order valence-electron chi connectivity index (χ4n) is 5.74. The lowest BCUT2D eigenvalue weighted by atomic mass is 10.0. The number of carbonyl (C=O) groups excluding carboxylic acids is 4. The number of ether oxygens (including phenoxy) is 1. The van der Waals surface area contributed by atoms with Gasteiger partial charge >= 0.3 is 12.1 Å². The van der Waals surface area contributed by atoms with Gasteiger partial charge in [-0.3, -0.25) is 14.3 Å². The highest BCUT2D eigenvalue weighted by molar-refractivity contribution is 7.94. The lowest BCUT2D eigenvalue weighted by Gasteiger charge is -2.34. The molecule has 0 bridgehead atoms. The van der Waals surface area contributed by atoms with E-state index in [0.717, 1.165) is 6.42 Å². The van der Waals surface area contributed by atoms with Gasteiger partial charge in [0, 0.05) is 18.2 Å². The van der Waals surface area contributed by atoms with Gasteiger partial charge in [-0.25, -0.2) is 22.9 Å². The van der Waals surface area contributed by atoms with Crippen LogP contribution in [0.1, 0.15) is 77.7 Å². The molecule has 13 nitrogen and oxygen atoms in total. The topological polar surface area (TPSA) is 192 Å². The Morgan fingerprint density at radius 1 is 1.14 bits per heavy atom. The van der Waals surface area contributed by atoms with Gasteiger partial charge in [0.25, 0.3) is 10.0 Å². The molecule has 2 aliphatic heterocycles. The number of fused-ring (bicyclic) bond motifs is 2. The third-order valence-corrected chi connectivity index (χ3v) is 10.1. The molecule has 1 saturated heterocycles. The summed E-state index contributed by atoms with van der Waals surface area (Å²) in [7, 11) is -4.18. The predicted molar refractivity (Wildman–Crippen MR) is 161 cm³/mol. The number of carbonyl (C=O) groups is 4. The van der Waals surface area contributed by atoms with E-state index in [9.17, 15) is 27.6 Å². The second-order valence-electron chi connectivity index (χ2n) is 12.4. The number of benzene rings is 1. The van der Waals surface area contributed by atoms with Crippen LogP contribution in [0.3, 0.4) is 0 Å². The maximum atomic E-state index is 14.0. The van der Waals surface area contributed by atoms with Gasteiger partial charge in [0.1, 0.15) is 17.7 Å². The van der Waals surface area contributed by atoms with Crippen LogP contribution in [-0.2, 0) is 24.3 Å². The van der Waals surface area contributed by atoms with Crippen molar-refractivity contribution >= 4 is 39.6 Å². The monoisotopic (exact) mass is 628 g/mol. The molecule has 4 unspecified atom stereocenters. The van der Waals surface area contributed by atoms with Crippen LogP contribution >= 0.6 is 0 Å². The highest BCUT2D eigenvalue weighted by Gasteiger charge is 2.64. The highest BCUT2D eigenvalue weighted by atomic mass is 32.2. The number of sulfonamides is 1. The summed E-state index contributed by atoms with van der Waals surface area (Å²) in [4.78, 5) is 53.7. The van der Waals surface area contributed by atoms with Crippen LogP contribution < -0.4 is 15.8 Å². The standard InChI is InChI=1S/C30H40N6O7S/c1-29(2,3)43-28(40)36(27(32)39)24-11-8-6-4-5-7-10-21-18-30(21,33-25(37)23-12-9-17-35(23)26(24)38)44(41,42)34-22-15-13-20(19-31)14-16-22/h7,10,13-16,21,23-24,34H,4-6,8-9,11-12,17-18H2,1-3H3,(H2,32,39)(H,33,37)/b10-7-. The molecule has 0 radical (unpaired) electrons. The van der Waals surface area contributed by atoms with Crippen molar-refractivity contribution in [3.05, 3.63) is 42.0 Å². The van der Waals surface area contributed by atoms with Gasteiger partial charge in [-0.15, -0.1) is 0 Å². The van der Waals surface area contributed by atoms with E-state index in [1.807, 2.05) is 12.1 Å². The summed E-state index contributed by atoms with van der Waals surface area (Å²) >= 11 is 0. The average molecular weight is 629 g/mol. The molecule has 14 heteroatoms. The largest absolute Gasteiger partial charge is 0.443 e. The average Bonchev–Trinajstić information content (AvgIpc) is 3.41. The normalized spacial score (nSPS) is 26.9. The Balaban J connectivity index is 1.65. The van der Waals surface area contributed by atoms with Crippen molar-refractivity contribution in [3.8, 4) is 6.07 Å². The highest BCUT2D eigenvalue weighted by Crippen LogP contribution is 2.50. The van der Waals surface area contributed by atoms with Crippen LogP contribution in [0.4, 0.5) is 15.3 Å². The molecular weight excluding hydrogens is 588 g/mol. The second kappa shape index (κ2) is 12.9. The third-order valence-electron chi connectivity index (χ3n) is 8.02. The summed E-state index contributed by atoms with van der Waals surface area (Å²) in [6, 6.07) is 4.45. The Labute approximate surface area is 257 Å². The van der Waals surface area contributed by atoms with Crippen molar-refractivity contribution in [1.29, 1.82) is 5.26 Å². The SMILES string of the molecule is CC(C)(C)OC(=O)N(C(N)=O)C1CCCCC/C=C\C2CC2(S(=O)(=O)Nc2ccc(C#N)cc2)NC(=O)C2CCCN2C1=O. The predicted octanol–water partition coefficient (Wildman–Crippen LogP) is 3.33. The van der Waals surface area contributed by atoms with Crippen LogP contribution in [0.25, 0.3) is 0 Å². The minimum atomic E-state index is -4.18. The summed E-state index contributed by atoms with van der Waals surface area (Å²) in [5.41, 5.74) is 5.26. The first-order chi connectivity index (χ1) is 20.7. The van der Waals surface area contributed by atoms with Crippen molar-refractivity contribution in [3.63, 3.8) is 0 Å². The molecule has 2 fully saturated rings. The number of imide groups is 1. The lowest BCUT2D eigenvalue weighted by Crippen LogP contribution is -2.59. The number of hydrogen-bond donors (Lipinski definition) is 3. The summed E-state index contributed by atoms with van der Waals surface area (Å²) in [5, 5.41) is 11.8. The first kappa shape index (κ1) is 32.8. The first-order valence-electron chi connectivity index (χ1n) is 14.8. The van der Waals surface area contributed by atoms with Crippen molar-refractivity contribution in [1.82, 2.24) is 15.1 Å². The fraction of sp³-hybridized carbons (Fsp3) is 0.567. The number of nitrogens with one attached hydrogen (secondary N) is 2. The lowest BCUT2D eigenvalue weighted by molar-refractivity contribution is -0.142. The molecule has 1 aliphatic carbocycles. The molecule has 4 atom stereocenters. The molecule has 1 aromatic rings. The molecule has 238 valence electrons. The zero-order chi connectivity index (χ0) is 32.3. The molecule has 0 spiro atoms. The molecule has 1 aromatic carbocycles. The van der Waals surface area contributed by atoms with Gasteiger partial charge in [0.2, 0.25) is 11.8 Å². The van der Waals surface area contributed by atoms with E-state index in [4.69, 9.17) is 15.7 Å². The number of urea groups is 1. The van der Waals surface area contributed by atoms with Crippen molar-refractivity contribution in [2.45, 2.75) is 94.7 Å². The van der Waals surface area contributed by atoms with Crippen LogP contribution in [0, 0.1) is 17.2 Å². The van der Waals surface area contributed by atoms with Gasteiger partial charge in [0.15, 0.2) is 4.87 Å². The Morgan fingerprint density at radius 3 is 2.48 bits per heavy atom. The second-order valence-corrected chi connectivity index (χ2v) is 14.4. The molecule has 1 saturated carbocycles. The molecular formula is C30H40N6O7S. The Kier molecular flexibility index (Phi) is 9.58. The minimum absolute atomic E-state index is 0.130. The van der Waals surface area contributed by atoms with E-state index in [-0.39, 0.29) is 31.5 Å². The van der Waals surface area contributed by atoms with E-state index in [0.29, 0.717) is 36.1 Å². The number of rotatable bonds is 4. The zero-order valence-corrected chi connectivity index (χ0v) is 26.1. The van der Waals surface area contributed by atoms with Gasteiger partial charge in [-0.05, 0) is 83.6 Å². The van der Waals surface area contributed by atoms with Crippen LogP contribution in [0.2, 0.25) is 0 Å². The summed E-state index contributed by atoms with van der Waals surface area (Å²) in [6.45, 7) is 5.06. The van der Waals surface area contributed by atoms with E-state index in [1.54, 1.807) is 26.8 Å². The molecule has 3 aliphatic rings. The smallest absolute Gasteiger partial charge is 0.419 e. The van der Waals surface area contributed by atoms with Gasteiger partial charge in [0.05, 0.1) is 11.6 Å². The number of nitrogens with zero attached hydrogens (tertiary/aromatic N) is 3. The Hall–Kier alpha value is -4.12. The van der Waals surface area contributed by atoms with Crippen molar-refractivity contribution in [2.24, 2.45) is 11.7 Å². The number of nitriles is 1. The van der Waals surface area contributed by atoms with Gasteiger partial charge in [-0.1, -0.05) is 25.0 Å². The van der Waals surface area contributed by atoms with E-state index < -0.39 is 62.4 Å². The van der Waals surface area contributed by atoms with Crippen molar-refractivity contribution < 1.29 is 32.3 Å². The molecule has 2 heterocycles. The maximum Gasteiger partial charge on any atom is 0.419 e. The minimum Gasteiger partial charge on any atom is -0.443 e. The van der Waals surface area contributed by atoms with Crippen LogP contribution in [-0.4, -0.2) is 71.3 Å². The quantitative estimate of drug-likeness (QED) is 0.423. The van der Waals surface area contributed by atoms with Gasteiger partial charge < -0.3 is 20.7 Å². The maximum absolute atomic E-state index is 14.0. The summed E-state index contributed by atoms with van der Waals surface area (Å²) < 4.78 is 35.5. The van der Waals surface area contributed by atoms with Crippen molar-refractivity contribution in [2.75, 3.05) is 11.3 Å². The zero-order valence-electron chi connectivity index (χ0n) is 25.2. The number of nitrogens with two attached hydrogens (primary N) is 1. The van der Waals surface area contributed by atoms with Gasteiger partial charge in [-0.2, -0.15) is 5.26 Å². The van der Waals surface area contributed by atoms with Crippen LogP contribution in [0.15, 0.2) is 36.4 Å². The Bertz CT molecular complexity index is 1460.